The predicted molar refractivity (Wildman–Crippen MR) is 84.3 cm³/mol. The molecule has 0 amide bonds. The minimum atomic E-state index is -0.353. The number of benzene rings is 2. The van der Waals surface area contributed by atoms with Gasteiger partial charge < -0.3 is 10.1 Å². The van der Waals surface area contributed by atoms with Crippen LogP contribution in [0.2, 0.25) is 5.02 Å². The third-order valence-electron chi connectivity index (χ3n) is 3.19. The molecule has 112 valence electrons. The van der Waals surface area contributed by atoms with Crippen molar-refractivity contribution in [2.75, 3.05) is 6.54 Å². The van der Waals surface area contributed by atoms with Crippen molar-refractivity contribution in [1.29, 1.82) is 0 Å². The van der Waals surface area contributed by atoms with Crippen LogP contribution in [0.1, 0.15) is 23.6 Å². The lowest BCUT2D eigenvalue weighted by atomic mass is 10.1. The largest absolute Gasteiger partial charge is 0.485 e. The monoisotopic (exact) mass is 307 g/mol. The first-order valence-corrected chi connectivity index (χ1v) is 7.35. The highest BCUT2D eigenvalue weighted by Crippen LogP contribution is 2.25. The van der Waals surface area contributed by atoms with Crippen molar-refractivity contribution in [2.45, 2.75) is 27.0 Å². The molecule has 0 aliphatic heterocycles. The van der Waals surface area contributed by atoms with Crippen molar-refractivity contribution < 1.29 is 9.13 Å². The SMILES string of the molecule is CCNCc1cccc(F)c1OCc1ccc(C)cc1Cl. The molecule has 0 heterocycles. The Labute approximate surface area is 129 Å². The lowest BCUT2D eigenvalue weighted by Crippen LogP contribution is -2.13. The van der Waals surface area contributed by atoms with Gasteiger partial charge in [-0.15, -0.1) is 0 Å². The van der Waals surface area contributed by atoms with Gasteiger partial charge >= 0.3 is 0 Å². The van der Waals surface area contributed by atoms with E-state index in [1.807, 2.05) is 38.1 Å². The Morgan fingerprint density at radius 2 is 2.00 bits per heavy atom. The van der Waals surface area contributed by atoms with Crippen molar-refractivity contribution in [3.8, 4) is 5.75 Å². The van der Waals surface area contributed by atoms with Crippen molar-refractivity contribution in [3.05, 3.63) is 63.9 Å². The molecule has 4 heteroatoms. The molecule has 2 rings (SSSR count). The zero-order valence-electron chi connectivity index (χ0n) is 12.2. The van der Waals surface area contributed by atoms with E-state index < -0.39 is 0 Å². The maximum atomic E-state index is 14.0. The molecule has 2 aromatic carbocycles. The van der Waals surface area contributed by atoms with Crippen molar-refractivity contribution in [1.82, 2.24) is 5.32 Å². The van der Waals surface area contributed by atoms with Gasteiger partial charge in [0.2, 0.25) is 0 Å². The quantitative estimate of drug-likeness (QED) is 0.850. The van der Waals surface area contributed by atoms with E-state index in [9.17, 15) is 4.39 Å². The molecule has 2 nitrogen and oxygen atoms in total. The Kier molecular flexibility index (Phi) is 5.59. The molecule has 0 bridgehead atoms. The van der Waals surface area contributed by atoms with Crippen LogP contribution in [0.25, 0.3) is 0 Å². The fourth-order valence-corrected chi connectivity index (χ4v) is 2.32. The summed E-state index contributed by atoms with van der Waals surface area (Å²) in [7, 11) is 0. The highest BCUT2D eigenvalue weighted by atomic mass is 35.5. The summed E-state index contributed by atoms with van der Waals surface area (Å²) in [4.78, 5) is 0. The summed E-state index contributed by atoms with van der Waals surface area (Å²) >= 11 is 6.17. The van der Waals surface area contributed by atoms with Crippen molar-refractivity contribution in [2.24, 2.45) is 0 Å². The second-order valence-corrected chi connectivity index (χ2v) is 5.30. The Morgan fingerprint density at radius 3 is 2.71 bits per heavy atom. The topological polar surface area (TPSA) is 21.3 Å². The zero-order chi connectivity index (χ0) is 15.2. The molecule has 0 saturated carbocycles. The van der Waals surface area contributed by atoms with E-state index in [4.69, 9.17) is 16.3 Å². The third kappa shape index (κ3) is 4.19. The van der Waals surface area contributed by atoms with E-state index in [-0.39, 0.29) is 18.2 Å². The molecule has 0 atom stereocenters. The molecule has 2 aromatic rings. The van der Waals surface area contributed by atoms with Gasteiger partial charge in [-0.25, -0.2) is 4.39 Å². The lowest BCUT2D eigenvalue weighted by molar-refractivity contribution is 0.286. The van der Waals surface area contributed by atoms with Gasteiger partial charge in [-0.2, -0.15) is 0 Å². The van der Waals surface area contributed by atoms with Crippen LogP contribution in [0.5, 0.6) is 5.75 Å². The number of para-hydroxylation sites is 1. The van der Waals surface area contributed by atoms with Crippen LogP contribution in [-0.2, 0) is 13.2 Å². The standard InChI is InChI=1S/C17H19ClFNO/c1-3-20-10-13-5-4-6-16(19)17(13)21-11-14-8-7-12(2)9-15(14)18/h4-9,20H,3,10-11H2,1-2H3. The zero-order valence-corrected chi connectivity index (χ0v) is 13.0. The average Bonchev–Trinajstić information content (AvgIpc) is 2.45. The minimum Gasteiger partial charge on any atom is -0.485 e. The minimum absolute atomic E-state index is 0.249. The van der Waals surface area contributed by atoms with Gasteiger partial charge in [0.25, 0.3) is 0 Å². The molecule has 0 aliphatic rings. The number of rotatable bonds is 6. The van der Waals surface area contributed by atoms with Gasteiger partial charge in [-0.1, -0.05) is 42.8 Å². The maximum Gasteiger partial charge on any atom is 0.165 e. The molecule has 0 aromatic heterocycles. The molecule has 21 heavy (non-hydrogen) atoms. The van der Waals surface area contributed by atoms with Crippen molar-refractivity contribution in [3.63, 3.8) is 0 Å². The molecule has 0 spiro atoms. The molecular formula is C17H19ClFNO. The number of aryl methyl sites for hydroxylation is 1. The fourth-order valence-electron chi connectivity index (χ4n) is 2.03. The number of hydrogen-bond donors (Lipinski definition) is 1. The van der Waals surface area contributed by atoms with E-state index in [0.717, 1.165) is 23.2 Å². The summed E-state index contributed by atoms with van der Waals surface area (Å²) in [5.74, 6) is -0.0660. The van der Waals surface area contributed by atoms with E-state index in [0.29, 0.717) is 11.6 Å². The summed E-state index contributed by atoms with van der Waals surface area (Å²) in [6, 6.07) is 10.7. The van der Waals surface area contributed by atoms with Crippen LogP contribution < -0.4 is 10.1 Å². The Hall–Kier alpha value is -1.58. The van der Waals surface area contributed by atoms with E-state index in [2.05, 4.69) is 5.32 Å². The van der Waals surface area contributed by atoms with Gasteiger partial charge in [0.15, 0.2) is 11.6 Å². The molecule has 0 fully saturated rings. The molecule has 0 unspecified atom stereocenters. The number of ether oxygens (including phenoxy) is 1. The Bertz CT molecular complexity index is 616. The first kappa shape index (κ1) is 15.8. The number of halogens is 2. The van der Waals surface area contributed by atoms with Crippen LogP contribution in [0.4, 0.5) is 4.39 Å². The van der Waals surface area contributed by atoms with Crippen LogP contribution in [-0.4, -0.2) is 6.54 Å². The maximum absolute atomic E-state index is 14.0. The smallest absolute Gasteiger partial charge is 0.165 e. The van der Waals surface area contributed by atoms with E-state index in [1.54, 1.807) is 6.07 Å². The molecule has 0 aliphatic carbocycles. The van der Waals surface area contributed by atoms with E-state index >= 15 is 0 Å². The third-order valence-corrected chi connectivity index (χ3v) is 3.55. The van der Waals surface area contributed by atoms with Gasteiger partial charge in [0.1, 0.15) is 6.61 Å². The van der Waals surface area contributed by atoms with Crippen molar-refractivity contribution >= 4 is 11.6 Å². The predicted octanol–water partition coefficient (Wildman–Crippen LogP) is 4.48. The molecule has 0 saturated heterocycles. The highest BCUT2D eigenvalue weighted by Gasteiger charge is 2.10. The summed E-state index contributed by atoms with van der Waals surface area (Å²) in [5.41, 5.74) is 2.74. The highest BCUT2D eigenvalue weighted by molar-refractivity contribution is 6.31. The second-order valence-electron chi connectivity index (χ2n) is 4.89. The van der Waals surface area contributed by atoms with Crippen LogP contribution in [0, 0.1) is 12.7 Å². The first-order valence-electron chi connectivity index (χ1n) is 6.97. The van der Waals surface area contributed by atoms with Crippen LogP contribution in [0.3, 0.4) is 0 Å². The number of hydrogen-bond acceptors (Lipinski definition) is 2. The fraction of sp³-hybridized carbons (Fsp3) is 0.294. The Balaban J connectivity index is 2.15. The van der Waals surface area contributed by atoms with Gasteiger partial charge in [0, 0.05) is 22.7 Å². The summed E-state index contributed by atoms with van der Waals surface area (Å²) in [6.07, 6.45) is 0. The van der Waals surface area contributed by atoms with Gasteiger partial charge in [-0.3, -0.25) is 0 Å². The lowest BCUT2D eigenvalue weighted by Gasteiger charge is -2.13. The molecule has 1 N–H and O–H groups in total. The van der Waals surface area contributed by atoms with Crippen LogP contribution >= 0.6 is 11.6 Å². The van der Waals surface area contributed by atoms with Gasteiger partial charge in [0.05, 0.1) is 0 Å². The summed E-state index contributed by atoms with van der Waals surface area (Å²) < 4.78 is 19.6. The molecular weight excluding hydrogens is 289 g/mol. The summed E-state index contributed by atoms with van der Waals surface area (Å²) in [5, 5.41) is 3.81. The number of nitrogens with one attached hydrogen (secondary N) is 1. The molecule has 0 radical (unpaired) electrons. The van der Waals surface area contributed by atoms with Gasteiger partial charge in [-0.05, 0) is 31.2 Å². The average molecular weight is 308 g/mol. The summed E-state index contributed by atoms with van der Waals surface area (Å²) in [6.45, 7) is 5.62. The Morgan fingerprint density at radius 1 is 1.19 bits per heavy atom. The second kappa shape index (κ2) is 7.43. The van der Waals surface area contributed by atoms with E-state index in [1.165, 1.54) is 6.07 Å². The first-order chi connectivity index (χ1) is 10.1. The van der Waals surface area contributed by atoms with Crippen LogP contribution in [0.15, 0.2) is 36.4 Å². The normalized spacial score (nSPS) is 10.7.